The van der Waals surface area contributed by atoms with E-state index in [1.165, 1.54) is 12.1 Å². The van der Waals surface area contributed by atoms with Crippen molar-refractivity contribution >= 4 is 27.8 Å². The van der Waals surface area contributed by atoms with Crippen LogP contribution in [0, 0.1) is 6.92 Å². The number of alkyl carbamates (subject to hydrolysis) is 1. The lowest BCUT2D eigenvalue weighted by Crippen LogP contribution is -2.49. The number of aryl methyl sites for hydroxylation is 1. The molecule has 0 aliphatic carbocycles. The van der Waals surface area contributed by atoms with Gasteiger partial charge >= 0.3 is 6.09 Å². The van der Waals surface area contributed by atoms with Gasteiger partial charge in [0, 0.05) is 6.42 Å². The molecular formula is C27H29N3O6S. The van der Waals surface area contributed by atoms with Gasteiger partial charge in [-0.05, 0) is 30.2 Å². The summed E-state index contributed by atoms with van der Waals surface area (Å²) >= 11 is 0. The molecule has 0 aliphatic rings. The minimum Gasteiger partial charge on any atom is -0.445 e. The number of hydrogen-bond acceptors (Lipinski definition) is 6. The first-order valence-electron chi connectivity index (χ1n) is 11.6. The summed E-state index contributed by atoms with van der Waals surface area (Å²) in [6.45, 7) is 0.957. The van der Waals surface area contributed by atoms with Crippen molar-refractivity contribution in [2.45, 2.75) is 30.9 Å². The minimum absolute atomic E-state index is 0.0337. The number of benzene rings is 3. The van der Waals surface area contributed by atoms with Crippen LogP contribution in [-0.4, -0.2) is 45.3 Å². The molecule has 0 heterocycles. The first kappa shape index (κ1) is 27.6. The Labute approximate surface area is 216 Å². The second kappa shape index (κ2) is 13.3. The molecule has 0 saturated heterocycles. The Hall–Kier alpha value is -4.02. The van der Waals surface area contributed by atoms with Crippen molar-refractivity contribution in [2.24, 2.45) is 0 Å². The van der Waals surface area contributed by atoms with Crippen molar-refractivity contribution < 1.29 is 27.5 Å². The Kier molecular flexibility index (Phi) is 9.93. The van der Waals surface area contributed by atoms with E-state index in [1.54, 1.807) is 24.3 Å². The molecule has 1 atom stereocenters. The van der Waals surface area contributed by atoms with E-state index in [9.17, 15) is 22.8 Å². The molecule has 0 bridgehead atoms. The van der Waals surface area contributed by atoms with Gasteiger partial charge in [-0.2, -0.15) is 0 Å². The number of carbonyl (C=O) groups is 3. The van der Waals surface area contributed by atoms with Crippen molar-refractivity contribution in [3.63, 3.8) is 0 Å². The normalized spacial score (nSPS) is 11.8. The van der Waals surface area contributed by atoms with Crippen LogP contribution in [0.4, 0.5) is 4.79 Å². The lowest BCUT2D eigenvalue weighted by molar-refractivity contribution is -0.126. The van der Waals surface area contributed by atoms with Crippen molar-refractivity contribution in [2.75, 3.05) is 13.1 Å². The number of ether oxygens (including phenoxy) is 1. The number of ketones is 1. The molecule has 0 spiro atoms. The second-order valence-corrected chi connectivity index (χ2v) is 10.1. The van der Waals surface area contributed by atoms with Crippen LogP contribution in [0.15, 0.2) is 89.8 Å². The predicted molar refractivity (Wildman–Crippen MR) is 138 cm³/mol. The Bertz CT molecular complexity index is 1300. The van der Waals surface area contributed by atoms with Crippen molar-refractivity contribution in [3.05, 3.63) is 102 Å². The molecule has 2 amide bonds. The van der Waals surface area contributed by atoms with E-state index in [0.717, 1.165) is 16.7 Å². The monoisotopic (exact) mass is 523 g/mol. The molecule has 3 aromatic carbocycles. The zero-order chi connectivity index (χ0) is 26.7. The van der Waals surface area contributed by atoms with E-state index < -0.39 is 46.9 Å². The number of hydrogen-bond donors (Lipinski definition) is 3. The maximum absolute atomic E-state index is 12.8. The van der Waals surface area contributed by atoms with Crippen molar-refractivity contribution in [1.82, 2.24) is 15.4 Å². The summed E-state index contributed by atoms with van der Waals surface area (Å²) in [6, 6.07) is 23.3. The van der Waals surface area contributed by atoms with E-state index >= 15 is 0 Å². The molecule has 10 heteroatoms. The highest BCUT2D eigenvalue weighted by Gasteiger charge is 2.23. The van der Waals surface area contributed by atoms with Gasteiger partial charge in [0.05, 0.1) is 18.0 Å². The zero-order valence-corrected chi connectivity index (χ0v) is 21.2. The van der Waals surface area contributed by atoms with Gasteiger partial charge in [-0.1, -0.05) is 78.4 Å². The highest BCUT2D eigenvalue weighted by atomic mass is 32.2. The molecule has 3 rings (SSSR count). The Morgan fingerprint density at radius 2 is 1.41 bits per heavy atom. The summed E-state index contributed by atoms with van der Waals surface area (Å²) in [5.41, 5.74) is 2.49. The van der Waals surface area contributed by atoms with Crippen molar-refractivity contribution in [1.29, 1.82) is 0 Å². The standard InChI is InChI=1S/C27H29N3O6S/c1-20-12-14-24(15-13-20)37(34,35)29-18-23(31)17-28-26(32)25(16-21-8-4-2-5-9-21)30-27(33)36-19-22-10-6-3-7-11-22/h2-15,25,29H,16-19H2,1H3,(H,28,32)(H,30,33)/t25-/m0/s1. The molecule has 0 aliphatic heterocycles. The fourth-order valence-electron chi connectivity index (χ4n) is 3.31. The van der Waals surface area contributed by atoms with Crippen LogP contribution in [0.1, 0.15) is 16.7 Å². The number of carbonyl (C=O) groups excluding carboxylic acids is 3. The number of nitrogens with one attached hydrogen (secondary N) is 3. The van der Waals surface area contributed by atoms with Gasteiger partial charge < -0.3 is 15.4 Å². The maximum atomic E-state index is 12.8. The smallest absolute Gasteiger partial charge is 0.408 e. The van der Waals surface area contributed by atoms with Gasteiger partial charge in [0.1, 0.15) is 12.6 Å². The highest BCUT2D eigenvalue weighted by Crippen LogP contribution is 2.09. The first-order valence-corrected chi connectivity index (χ1v) is 13.1. The molecule has 0 fully saturated rings. The van der Waals surface area contributed by atoms with Gasteiger partial charge in [-0.3, -0.25) is 9.59 Å². The summed E-state index contributed by atoms with van der Waals surface area (Å²) < 4.78 is 32.2. The molecule has 37 heavy (non-hydrogen) atoms. The maximum Gasteiger partial charge on any atom is 0.408 e. The fourth-order valence-corrected chi connectivity index (χ4v) is 4.33. The van der Waals surface area contributed by atoms with Gasteiger partial charge in [0.15, 0.2) is 5.78 Å². The SMILES string of the molecule is Cc1ccc(S(=O)(=O)NCC(=O)CNC(=O)[C@H](Cc2ccccc2)NC(=O)OCc2ccccc2)cc1. The topological polar surface area (TPSA) is 131 Å². The van der Waals surface area contributed by atoms with Crippen LogP contribution < -0.4 is 15.4 Å². The fraction of sp³-hybridized carbons (Fsp3) is 0.222. The molecule has 0 unspecified atom stereocenters. The molecular weight excluding hydrogens is 494 g/mol. The molecule has 194 valence electrons. The third-order valence-electron chi connectivity index (χ3n) is 5.35. The third kappa shape index (κ3) is 9.17. The molecule has 0 radical (unpaired) electrons. The van der Waals surface area contributed by atoms with E-state index in [1.807, 2.05) is 55.5 Å². The van der Waals surface area contributed by atoms with Crippen molar-refractivity contribution in [3.8, 4) is 0 Å². The molecule has 0 saturated carbocycles. The first-order chi connectivity index (χ1) is 17.7. The number of sulfonamides is 1. The largest absolute Gasteiger partial charge is 0.445 e. The Morgan fingerprint density at radius 3 is 2.03 bits per heavy atom. The second-order valence-electron chi connectivity index (χ2n) is 8.34. The lowest BCUT2D eigenvalue weighted by Gasteiger charge is -2.18. The summed E-state index contributed by atoms with van der Waals surface area (Å²) in [7, 11) is -3.87. The van der Waals surface area contributed by atoms with E-state index in [2.05, 4.69) is 15.4 Å². The summed E-state index contributed by atoms with van der Waals surface area (Å²) in [5.74, 6) is -1.15. The minimum atomic E-state index is -3.87. The van der Waals surface area contributed by atoms with E-state index in [-0.39, 0.29) is 17.9 Å². The van der Waals surface area contributed by atoms with Crippen LogP contribution >= 0.6 is 0 Å². The average Bonchev–Trinajstić information content (AvgIpc) is 2.90. The molecule has 9 nitrogen and oxygen atoms in total. The third-order valence-corrected chi connectivity index (χ3v) is 6.77. The summed E-state index contributed by atoms with van der Waals surface area (Å²) in [5, 5.41) is 5.02. The Balaban J connectivity index is 1.54. The van der Waals surface area contributed by atoms with E-state index in [0.29, 0.717) is 0 Å². The number of amides is 2. The van der Waals surface area contributed by atoms with Crippen LogP contribution in [-0.2, 0) is 37.4 Å². The average molecular weight is 524 g/mol. The van der Waals surface area contributed by atoms with Gasteiger partial charge in [0.2, 0.25) is 15.9 Å². The summed E-state index contributed by atoms with van der Waals surface area (Å²) in [6.07, 6.45) is -0.612. The summed E-state index contributed by atoms with van der Waals surface area (Å²) in [4.78, 5) is 37.5. The van der Waals surface area contributed by atoms with Crippen LogP contribution in [0.3, 0.4) is 0 Å². The van der Waals surface area contributed by atoms with Gasteiger partial charge in [-0.15, -0.1) is 0 Å². The van der Waals surface area contributed by atoms with Crippen LogP contribution in [0.25, 0.3) is 0 Å². The van der Waals surface area contributed by atoms with Gasteiger partial charge in [0.25, 0.3) is 0 Å². The molecule has 0 aromatic heterocycles. The van der Waals surface area contributed by atoms with Gasteiger partial charge in [-0.25, -0.2) is 17.9 Å². The highest BCUT2D eigenvalue weighted by molar-refractivity contribution is 7.89. The van der Waals surface area contributed by atoms with Crippen LogP contribution in [0.2, 0.25) is 0 Å². The predicted octanol–water partition coefficient (Wildman–Crippen LogP) is 2.50. The Morgan fingerprint density at radius 1 is 0.811 bits per heavy atom. The molecule has 3 aromatic rings. The number of rotatable bonds is 12. The quantitative estimate of drug-likeness (QED) is 0.334. The number of Topliss-reactive ketones (excluding diaryl/α,β-unsaturated/α-hetero) is 1. The lowest BCUT2D eigenvalue weighted by atomic mass is 10.1. The van der Waals surface area contributed by atoms with Crippen LogP contribution in [0.5, 0.6) is 0 Å². The molecule has 3 N–H and O–H groups in total. The van der Waals surface area contributed by atoms with E-state index in [4.69, 9.17) is 4.74 Å². The zero-order valence-electron chi connectivity index (χ0n) is 20.3.